The first-order chi connectivity index (χ1) is 11.8. The van der Waals surface area contributed by atoms with E-state index in [1.807, 2.05) is 13.8 Å². The van der Waals surface area contributed by atoms with Crippen molar-refractivity contribution in [2.45, 2.75) is 58.9 Å². The molecule has 0 aliphatic heterocycles. The molecule has 0 radical (unpaired) electrons. The number of amides is 1. The van der Waals surface area contributed by atoms with Gasteiger partial charge in [-0.2, -0.15) is 13.2 Å². The highest BCUT2D eigenvalue weighted by Crippen LogP contribution is 2.38. The van der Waals surface area contributed by atoms with E-state index in [1.54, 1.807) is 20.8 Å². The van der Waals surface area contributed by atoms with Gasteiger partial charge in [-0.05, 0) is 51.3 Å². The van der Waals surface area contributed by atoms with Gasteiger partial charge in [0.1, 0.15) is 18.0 Å². The lowest BCUT2D eigenvalue weighted by Gasteiger charge is -2.25. The molecule has 1 aromatic rings. The average molecular weight is 440 g/mol. The van der Waals surface area contributed by atoms with Gasteiger partial charge < -0.3 is 14.8 Å². The number of rotatable bonds is 6. The van der Waals surface area contributed by atoms with Crippen molar-refractivity contribution in [2.24, 2.45) is 5.92 Å². The lowest BCUT2D eigenvalue weighted by molar-refractivity contribution is -0.139. The molecule has 0 aliphatic rings. The minimum absolute atomic E-state index is 0.0951. The molecule has 1 amide bonds. The zero-order valence-electron chi connectivity index (χ0n) is 15.5. The van der Waals surface area contributed by atoms with Gasteiger partial charge in [0.15, 0.2) is 0 Å². The van der Waals surface area contributed by atoms with Gasteiger partial charge in [0.25, 0.3) is 0 Å². The Kier molecular flexibility index (Phi) is 7.80. The Bertz CT molecular complexity index is 613. The van der Waals surface area contributed by atoms with Gasteiger partial charge in [-0.25, -0.2) is 4.79 Å². The third-order valence-corrected chi connectivity index (χ3v) is 3.66. The smallest absolute Gasteiger partial charge is 0.420 e. The number of carbonyl (C=O) groups is 1. The summed E-state index contributed by atoms with van der Waals surface area (Å²) < 4.78 is 50.4. The van der Waals surface area contributed by atoms with Gasteiger partial charge in [-0.3, -0.25) is 0 Å². The van der Waals surface area contributed by atoms with Gasteiger partial charge in [0.05, 0.1) is 11.6 Å². The van der Waals surface area contributed by atoms with Crippen LogP contribution in [0.5, 0.6) is 5.75 Å². The van der Waals surface area contributed by atoms with E-state index in [-0.39, 0.29) is 18.3 Å². The first kappa shape index (κ1) is 22.6. The van der Waals surface area contributed by atoms with Gasteiger partial charge in [-0.1, -0.05) is 29.8 Å². The highest BCUT2D eigenvalue weighted by atomic mass is 79.9. The molecule has 8 heteroatoms. The molecular formula is C18H25BrF3NO3. The van der Waals surface area contributed by atoms with Crippen molar-refractivity contribution < 1.29 is 27.4 Å². The molecule has 148 valence electrons. The van der Waals surface area contributed by atoms with Crippen LogP contribution in [-0.4, -0.2) is 24.3 Å². The summed E-state index contributed by atoms with van der Waals surface area (Å²) in [6, 6.07) is 3.22. The molecule has 0 saturated heterocycles. The fraction of sp³-hybridized carbons (Fsp3) is 0.611. The fourth-order valence-electron chi connectivity index (χ4n) is 2.25. The Morgan fingerprint density at radius 1 is 1.23 bits per heavy atom. The third kappa shape index (κ3) is 8.29. The van der Waals surface area contributed by atoms with Crippen LogP contribution in [0.2, 0.25) is 0 Å². The molecule has 26 heavy (non-hydrogen) atoms. The average Bonchev–Trinajstić information content (AvgIpc) is 2.41. The SMILES string of the molecule is CC(C)CC(COc1ccc(Br)cc1C(F)(F)F)NC(=O)OC(C)(C)C. The molecule has 0 aliphatic carbocycles. The summed E-state index contributed by atoms with van der Waals surface area (Å²) >= 11 is 3.03. The fourth-order valence-corrected chi connectivity index (χ4v) is 2.61. The van der Waals surface area contributed by atoms with Crippen molar-refractivity contribution >= 4 is 22.0 Å². The Labute approximate surface area is 160 Å². The summed E-state index contributed by atoms with van der Waals surface area (Å²) in [5.74, 6) is -0.0639. The van der Waals surface area contributed by atoms with Crippen LogP contribution >= 0.6 is 15.9 Å². The predicted octanol–water partition coefficient (Wildman–Crippen LogP) is 5.79. The van der Waals surface area contributed by atoms with Crippen LogP contribution in [0, 0.1) is 5.92 Å². The summed E-state index contributed by atoms with van der Waals surface area (Å²) in [4.78, 5) is 12.0. The number of alkyl halides is 3. The summed E-state index contributed by atoms with van der Waals surface area (Å²) in [6.45, 7) is 9.01. The van der Waals surface area contributed by atoms with Crippen LogP contribution in [0.1, 0.15) is 46.6 Å². The highest BCUT2D eigenvalue weighted by molar-refractivity contribution is 9.10. The number of halogens is 4. The lowest BCUT2D eigenvalue weighted by atomic mass is 10.0. The van der Waals surface area contributed by atoms with Gasteiger partial charge >= 0.3 is 12.3 Å². The van der Waals surface area contributed by atoms with Crippen LogP contribution in [0.25, 0.3) is 0 Å². The molecule has 1 rings (SSSR count). The molecule has 1 unspecified atom stereocenters. The standard InChI is InChI=1S/C18H25BrF3NO3/c1-11(2)8-13(23-16(24)26-17(3,4)5)10-25-15-7-6-12(19)9-14(15)18(20,21)22/h6-7,9,11,13H,8,10H2,1-5H3,(H,23,24). The van der Waals surface area contributed by atoms with Crippen molar-refractivity contribution in [1.29, 1.82) is 0 Å². The zero-order valence-corrected chi connectivity index (χ0v) is 17.1. The monoisotopic (exact) mass is 439 g/mol. The zero-order chi connectivity index (χ0) is 20.1. The normalized spacial score (nSPS) is 13.5. The quantitative estimate of drug-likeness (QED) is 0.610. The third-order valence-electron chi connectivity index (χ3n) is 3.16. The number of hydrogen-bond acceptors (Lipinski definition) is 3. The van der Waals surface area contributed by atoms with Crippen molar-refractivity contribution in [2.75, 3.05) is 6.61 Å². The molecule has 0 spiro atoms. The van der Waals surface area contributed by atoms with E-state index in [1.165, 1.54) is 12.1 Å². The van der Waals surface area contributed by atoms with E-state index >= 15 is 0 Å². The molecule has 0 aromatic heterocycles. The van der Waals surface area contributed by atoms with Gasteiger partial charge in [-0.15, -0.1) is 0 Å². The Balaban J connectivity index is 2.86. The number of benzene rings is 1. The van der Waals surface area contributed by atoms with Crippen LogP contribution in [0.3, 0.4) is 0 Å². The Morgan fingerprint density at radius 3 is 2.35 bits per heavy atom. The highest BCUT2D eigenvalue weighted by Gasteiger charge is 2.35. The first-order valence-electron chi connectivity index (χ1n) is 8.27. The summed E-state index contributed by atoms with van der Waals surface area (Å²) in [5, 5.41) is 2.67. The minimum Gasteiger partial charge on any atom is -0.491 e. The van der Waals surface area contributed by atoms with Gasteiger partial charge in [0.2, 0.25) is 0 Å². The minimum atomic E-state index is -4.54. The van der Waals surface area contributed by atoms with Gasteiger partial charge in [0, 0.05) is 4.47 Å². The molecule has 4 nitrogen and oxygen atoms in total. The summed E-state index contributed by atoms with van der Waals surface area (Å²) in [5.41, 5.74) is -1.53. The number of hydrogen-bond donors (Lipinski definition) is 1. The van der Waals surface area contributed by atoms with E-state index in [4.69, 9.17) is 9.47 Å². The maximum atomic E-state index is 13.2. The molecule has 0 saturated carbocycles. The van der Waals surface area contributed by atoms with Crippen molar-refractivity contribution in [3.05, 3.63) is 28.2 Å². The maximum absolute atomic E-state index is 13.2. The van der Waals surface area contributed by atoms with Crippen LogP contribution < -0.4 is 10.1 Å². The van der Waals surface area contributed by atoms with E-state index in [2.05, 4.69) is 21.2 Å². The number of carbonyl (C=O) groups excluding carboxylic acids is 1. The predicted molar refractivity (Wildman–Crippen MR) is 97.3 cm³/mol. The van der Waals surface area contributed by atoms with Crippen LogP contribution in [-0.2, 0) is 10.9 Å². The molecule has 0 bridgehead atoms. The van der Waals surface area contributed by atoms with Crippen LogP contribution in [0.15, 0.2) is 22.7 Å². The van der Waals surface area contributed by atoms with Crippen LogP contribution in [0.4, 0.5) is 18.0 Å². The van der Waals surface area contributed by atoms with E-state index in [0.717, 1.165) is 6.07 Å². The van der Waals surface area contributed by atoms with Crippen molar-refractivity contribution in [3.8, 4) is 5.75 Å². The number of nitrogens with one attached hydrogen (secondary N) is 1. The Morgan fingerprint density at radius 2 is 1.85 bits per heavy atom. The van der Waals surface area contributed by atoms with Crippen molar-refractivity contribution in [1.82, 2.24) is 5.32 Å². The van der Waals surface area contributed by atoms with Crippen molar-refractivity contribution in [3.63, 3.8) is 0 Å². The second-order valence-corrected chi connectivity index (χ2v) is 8.34. The second kappa shape index (κ2) is 8.97. The maximum Gasteiger partial charge on any atom is 0.420 e. The molecule has 0 heterocycles. The largest absolute Gasteiger partial charge is 0.491 e. The number of alkyl carbamates (subject to hydrolysis) is 1. The number of ether oxygens (including phenoxy) is 2. The van der Waals surface area contributed by atoms with E-state index in [0.29, 0.717) is 10.9 Å². The summed E-state index contributed by atoms with van der Waals surface area (Å²) in [6.07, 6.45) is -4.62. The van der Waals surface area contributed by atoms with E-state index < -0.39 is 29.5 Å². The molecule has 1 aromatic carbocycles. The molecule has 1 atom stereocenters. The Hall–Kier alpha value is -1.44. The molecule has 1 N–H and O–H groups in total. The first-order valence-corrected chi connectivity index (χ1v) is 9.06. The second-order valence-electron chi connectivity index (χ2n) is 7.42. The molecular weight excluding hydrogens is 415 g/mol. The summed E-state index contributed by atoms with van der Waals surface area (Å²) in [7, 11) is 0. The molecule has 0 fully saturated rings. The van der Waals surface area contributed by atoms with E-state index in [9.17, 15) is 18.0 Å². The lowest BCUT2D eigenvalue weighted by Crippen LogP contribution is -2.42. The topological polar surface area (TPSA) is 47.6 Å².